The van der Waals surface area contributed by atoms with Gasteiger partial charge in [-0.3, -0.25) is 4.98 Å². The fraction of sp³-hybridized carbons (Fsp3) is 0.286. The number of aromatic nitrogens is 2. The molecule has 2 aromatic heterocycles. The molecule has 1 N–H and O–H groups in total. The molecule has 3 rings (SSSR count). The summed E-state index contributed by atoms with van der Waals surface area (Å²) in [5.41, 5.74) is 1.28. The lowest BCUT2D eigenvalue weighted by Gasteiger charge is -2.37. The first-order valence-corrected chi connectivity index (χ1v) is 6.23. The minimum Gasteiger partial charge on any atom is -0.347 e. The van der Waals surface area contributed by atoms with E-state index in [1.54, 1.807) is 0 Å². The molecule has 0 saturated carbocycles. The highest BCUT2D eigenvalue weighted by atomic mass is 15.3. The highest BCUT2D eigenvalue weighted by Gasteiger charge is 2.24. The molecule has 2 aromatic rings. The van der Waals surface area contributed by atoms with E-state index in [9.17, 15) is 0 Å². The molecule has 4 nitrogen and oxygen atoms in total. The molecule has 0 aromatic carbocycles. The number of hydrogen-bond acceptors (Lipinski definition) is 4. The van der Waals surface area contributed by atoms with Crippen molar-refractivity contribution in [2.24, 2.45) is 0 Å². The van der Waals surface area contributed by atoms with E-state index in [1.807, 2.05) is 30.7 Å². The molecule has 0 aliphatic carbocycles. The summed E-state index contributed by atoms with van der Waals surface area (Å²) in [6.45, 7) is 2.92. The molecule has 1 fully saturated rings. The number of rotatable bonds is 2. The van der Waals surface area contributed by atoms with Gasteiger partial charge in [-0.1, -0.05) is 6.07 Å². The van der Waals surface area contributed by atoms with Crippen LogP contribution >= 0.6 is 0 Å². The predicted octanol–water partition coefficient (Wildman–Crippen LogP) is 1.63. The first kappa shape index (κ1) is 11.2. The number of hydrogen-bond donors (Lipinski definition) is 1. The van der Waals surface area contributed by atoms with Crippen LogP contribution in [-0.2, 0) is 0 Å². The summed E-state index contributed by atoms with van der Waals surface area (Å²) < 4.78 is 0. The van der Waals surface area contributed by atoms with Crippen LogP contribution in [0, 0.1) is 0 Å². The van der Waals surface area contributed by atoms with Crippen LogP contribution in [0.1, 0.15) is 11.6 Å². The molecule has 1 unspecified atom stereocenters. The Morgan fingerprint density at radius 3 is 2.78 bits per heavy atom. The van der Waals surface area contributed by atoms with Gasteiger partial charge in [-0.2, -0.15) is 0 Å². The van der Waals surface area contributed by atoms with Crippen LogP contribution in [0.25, 0.3) is 0 Å². The van der Waals surface area contributed by atoms with Crippen LogP contribution in [0.5, 0.6) is 0 Å². The molecule has 3 heterocycles. The number of nitrogens with zero attached hydrogens (tertiary/aromatic N) is 3. The van der Waals surface area contributed by atoms with Crippen molar-refractivity contribution in [1.29, 1.82) is 0 Å². The number of piperazine rings is 1. The van der Waals surface area contributed by atoms with Crippen LogP contribution in [-0.4, -0.2) is 29.6 Å². The third-order valence-corrected chi connectivity index (χ3v) is 3.28. The molecule has 1 aliphatic rings. The molecule has 0 amide bonds. The normalized spacial score (nSPS) is 19.8. The fourth-order valence-corrected chi connectivity index (χ4v) is 2.39. The van der Waals surface area contributed by atoms with Crippen molar-refractivity contribution >= 4 is 5.82 Å². The van der Waals surface area contributed by atoms with Gasteiger partial charge in [0.2, 0.25) is 0 Å². The highest BCUT2D eigenvalue weighted by molar-refractivity contribution is 5.42. The van der Waals surface area contributed by atoms with Gasteiger partial charge >= 0.3 is 0 Å². The van der Waals surface area contributed by atoms with E-state index in [2.05, 4.69) is 38.4 Å². The molecule has 92 valence electrons. The summed E-state index contributed by atoms with van der Waals surface area (Å²) in [4.78, 5) is 10.9. The first-order chi connectivity index (χ1) is 8.95. The van der Waals surface area contributed by atoms with E-state index >= 15 is 0 Å². The van der Waals surface area contributed by atoms with Crippen molar-refractivity contribution in [1.82, 2.24) is 15.3 Å². The van der Waals surface area contributed by atoms with Gasteiger partial charge in [-0.05, 0) is 29.8 Å². The van der Waals surface area contributed by atoms with E-state index in [0.717, 1.165) is 25.5 Å². The van der Waals surface area contributed by atoms with Gasteiger partial charge < -0.3 is 10.2 Å². The maximum absolute atomic E-state index is 4.46. The Hall–Kier alpha value is -1.94. The lowest BCUT2D eigenvalue weighted by molar-refractivity contribution is 0.486. The lowest BCUT2D eigenvalue weighted by Crippen LogP contribution is -2.46. The largest absolute Gasteiger partial charge is 0.347 e. The highest BCUT2D eigenvalue weighted by Crippen LogP contribution is 2.26. The summed E-state index contributed by atoms with van der Waals surface area (Å²) in [6, 6.07) is 10.5. The van der Waals surface area contributed by atoms with Gasteiger partial charge in [0.1, 0.15) is 5.82 Å². The van der Waals surface area contributed by atoms with Crippen molar-refractivity contribution < 1.29 is 0 Å². The third-order valence-electron chi connectivity index (χ3n) is 3.28. The van der Waals surface area contributed by atoms with Crippen LogP contribution in [0.2, 0.25) is 0 Å². The van der Waals surface area contributed by atoms with Crippen molar-refractivity contribution in [2.75, 3.05) is 24.5 Å². The minimum absolute atomic E-state index is 0.330. The molecular formula is C14H16N4. The molecule has 0 radical (unpaired) electrons. The molecule has 18 heavy (non-hydrogen) atoms. The Morgan fingerprint density at radius 2 is 2.00 bits per heavy atom. The van der Waals surface area contributed by atoms with Crippen LogP contribution < -0.4 is 10.2 Å². The van der Waals surface area contributed by atoms with Crippen LogP contribution in [0.4, 0.5) is 5.82 Å². The Morgan fingerprint density at radius 1 is 1.11 bits per heavy atom. The Bertz CT molecular complexity index is 438. The van der Waals surface area contributed by atoms with Gasteiger partial charge in [-0.15, -0.1) is 0 Å². The Kier molecular flexibility index (Phi) is 3.19. The summed E-state index contributed by atoms with van der Waals surface area (Å²) >= 11 is 0. The third kappa shape index (κ3) is 2.19. The zero-order valence-corrected chi connectivity index (χ0v) is 10.2. The first-order valence-electron chi connectivity index (χ1n) is 6.23. The van der Waals surface area contributed by atoms with Gasteiger partial charge in [0.15, 0.2) is 0 Å². The molecule has 1 atom stereocenters. The lowest BCUT2D eigenvalue weighted by atomic mass is 10.0. The van der Waals surface area contributed by atoms with E-state index in [-0.39, 0.29) is 0 Å². The van der Waals surface area contributed by atoms with E-state index < -0.39 is 0 Å². The molecule has 1 aliphatic heterocycles. The summed E-state index contributed by atoms with van der Waals surface area (Å²) in [6.07, 6.45) is 5.54. The van der Waals surface area contributed by atoms with Crippen molar-refractivity contribution in [3.63, 3.8) is 0 Å². The van der Waals surface area contributed by atoms with E-state index in [4.69, 9.17) is 0 Å². The number of anilines is 1. The zero-order valence-electron chi connectivity index (χ0n) is 10.2. The standard InChI is InChI=1S/C14H16N4/c1-2-6-17-14(3-1)18-10-9-16-11-13(18)12-4-7-15-8-5-12/h1-8,13,16H,9-11H2. The Labute approximate surface area is 107 Å². The fourth-order valence-electron chi connectivity index (χ4n) is 2.39. The average Bonchev–Trinajstić information content (AvgIpc) is 2.49. The van der Waals surface area contributed by atoms with Crippen LogP contribution in [0.15, 0.2) is 48.9 Å². The van der Waals surface area contributed by atoms with E-state index in [1.165, 1.54) is 5.56 Å². The van der Waals surface area contributed by atoms with Crippen molar-refractivity contribution in [2.45, 2.75) is 6.04 Å². The number of nitrogens with one attached hydrogen (secondary N) is 1. The topological polar surface area (TPSA) is 41.0 Å². The second-order valence-corrected chi connectivity index (χ2v) is 4.38. The predicted molar refractivity (Wildman–Crippen MR) is 71.4 cm³/mol. The number of pyridine rings is 2. The van der Waals surface area contributed by atoms with Gasteiger partial charge in [0.25, 0.3) is 0 Å². The molecule has 0 bridgehead atoms. The quantitative estimate of drug-likeness (QED) is 0.866. The summed E-state index contributed by atoms with van der Waals surface area (Å²) in [5.74, 6) is 1.04. The molecule has 4 heteroatoms. The average molecular weight is 240 g/mol. The monoisotopic (exact) mass is 240 g/mol. The zero-order chi connectivity index (χ0) is 12.2. The second kappa shape index (κ2) is 5.14. The van der Waals surface area contributed by atoms with Crippen molar-refractivity contribution in [3.8, 4) is 0 Å². The molecule has 0 spiro atoms. The molecule has 1 saturated heterocycles. The van der Waals surface area contributed by atoms with E-state index in [0.29, 0.717) is 6.04 Å². The van der Waals surface area contributed by atoms with Crippen LogP contribution in [0.3, 0.4) is 0 Å². The summed E-state index contributed by atoms with van der Waals surface area (Å²) in [7, 11) is 0. The second-order valence-electron chi connectivity index (χ2n) is 4.38. The SMILES string of the molecule is c1ccc(N2CCNCC2c2ccncc2)nc1. The summed E-state index contributed by atoms with van der Waals surface area (Å²) in [5, 5.41) is 3.44. The maximum Gasteiger partial charge on any atom is 0.129 e. The smallest absolute Gasteiger partial charge is 0.129 e. The minimum atomic E-state index is 0.330. The van der Waals surface area contributed by atoms with Gasteiger partial charge in [0.05, 0.1) is 6.04 Å². The Balaban J connectivity index is 1.92. The van der Waals surface area contributed by atoms with Gasteiger partial charge in [0, 0.05) is 38.2 Å². The van der Waals surface area contributed by atoms with Gasteiger partial charge in [-0.25, -0.2) is 4.98 Å². The molecular weight excluding hydrogens is 224 g/mol. The maximum atomic E-state index is 4.46. The van der Waals surface area contributed by atoms with Crippen molar-refractivity contribution in [3.05, 3.63) is 54.5 Å².